The lowest BCUT2D eigenvalue weighted by Crippen LogP contribution is -2.69. The van der Waals surface area contributed by atoms with E-state index in [1.165, 1.54) is 90.0 Å². The van der Waals surface area contributed by atoms with Crippen LogP contribution in [0.5, 0.6) is 28.7 Å². The van der Waals surface area contributed by atoms with E-state index in [9.17, 15) is 24.8 Å². The maximum atomic E-state index is 13.9. The molecule has 7 atom stereocenters. The molecule has 60 heavy (non-hydrogen) atoms. The lowest BCUT2D eigenvalue weighted by molar-refractivity contribution is -0.151. The quantitative estimate of drug-likeness (QED) is 0.0801. The molecule has 6 aliphatic heterocycles. The van der Waals surface area contributed by atoms with Gasteiger partial charge in [-0.2, -0.15) is 5.26 Å². The molecule has 4 unspecified atom stereocenters. The van der Waals surface area contributed by atoms with Gasteiger partial charge in [0.2, 0.25) is 12.7 Å². The van der Waals surface area contributed by atoms with Gasteiger partial charge in [0.15, 0.2) is 23.0 Å². The van der Waals surface area contributed by atoms with Gasteiger partial charge in [0.1, 0.15) is 24.4 Å². The van der Waals surface area contributed by atoms with Crippen LogP contribution in [0.25, 0.3) is 0 Å². The number of ether oxygens (including phenoxy) is 5. The van der Waals surface area contributed by atoms with Crippen LogP contribution in [0.1, 0.15) is 154 Å². The fourth-order valence-electron chi connectivity index (χ4n) is 10.2. The summed E-state index contributed by atoms with van der Waals surface area (Å²) in [5, 5.41) is 29.0. The Morgan fingerprint density at radius 2 is 1.63 bits per heavy atom. The van der Waals surface area contributed by atoms with Crippen LogP contribution in [0, 0.1) is 25.2 Å². The summed E-state index contributed by atoms with van der Waals surface area (Å²) in [6.07, 6.45) is 16.5. The lowest BCUT2D eigenvalue weighted by Gasteiger charge is -2.59. The average molecular weight is 847 g/mol. The van der Waals surface area contributed by atoms with Crippen molar-refractivity contribution in [1.29, 1.82) is 5.26 Å². The lowest BCUT2D eigenvalue weighted by atomic mass is 9.72. The van der Waals surface area contributed by atoms with Gasteiger partial charge >= 0.3 is 11.9 Å². The number of nitrogens with zero attached hydrogens (tertiary/aromatic N) is 2. The molecular weight excluding hydrogens is 785 g/mol. The Morgan fingerprint density at radius 1 is 0.967 bits per heavy atom. The van der Waals surface area contributed by atoms with Crippen molar-refractivity contribution in [3.63, 3.8) is 0 Å². The second-order valence-electron chi connectivity index (χ2n) is 17.1. The molecule has 0 aliphatic carbocycles. The molecule has 2 saturated heterocycles. The van der Waals surface area contributed by atoms with Crippen LogP contribution in [0.3, 0.4) is 0 Å². The maximum absolute atomic E-state index is 13.9. The normalized spacial score (nSPS) is 25.0. The number of piperazine rings is 1. The number of phenolic OH excluding ortho intramolecular Hbond substituents is 1. The number of carbonyl (C=O) groups excluding carboxylic acids is 3. The van der Waals surface area contributed by atoms with E-state index in [0.29, 0.717) is 58.1 Å². The molecule has 0 radical (unpaired) electrons. The number of carbonyl (C=O) groups is 3. The summed E-state index contributed by atoms with van der Waals surface area (Å²) in [6, 6.07) is 0.866. The zero-order chi connectivity index (χ0) is 42.5. The van der Waals surface area contributed by atoms with Crippen LogP contribution >= 0.6 is 11.8 Å². The third kappa shape index (κ3) is 8.77. The van der Waals surface area contributed by atoms with E-state index in [0.717, 1.165) is 30.4 Å². The van der Waals surface area contributed by atoms with Gasteiger partial charge in [-0.15, -0.1) is 11.8 Å². The SMILES string of the molecule is CCCCCCCCCCCCCCCC(=O)NC1CS[C@@H]2c3c(OC(C)=O)c(C)c4c(c3[C@H](COC1=O)N1C2C2NC(Cc3cc(C)c(OC)c(O)c32)[C@@H]1C#N)OCO4. The summed E-state index contributed by atoms with van der Waals surface area (Å²) in [7, 11) is 1.53. The van der Waals surface area contributed by atoms with Gasteiger partial charge in [-0.25, -0.2) is 4.79 Å². The number of nitriles is 1. The van der Waals surface area contributed by atoms with Crippen molar-refractivity contribution >= 4 is 29.6 Å². The van der Waals surface area contributed by atoms with Crippen LogP contribution in [0.2, 0.25) is 0 Å². The Kier molecular flexibility index (Phi) is 14.4. The molecule has 0 aromatic heterocycles. The summed E-state index contributed by atoms with van der Waals surface area (Å²) in [4.78, 5) is 42.3. The number of phenols is 1. The summed E-state index contributed by atoms with van der Waals surface area (Å²) in [5.41, 5.74) is 4.30. The Balaban J connectivity index is 1.14. The number of benzene rings is 2. The molecule has 0 saturated carbocycles. The van der Waals surface area contributed by atoms with Crippen LogP contribution in [0.15, 0.2) is 6.07 Å². The highest BCUT2D eigenvalue weighted by Crippen LogP contribution is 2.62. The molecule has 6 heterocycles. The number of nitrogens with one attached hydrogen (secondary N) is 2. The minimum absolute atomic E-state index is 0.0313. The van der Waals surface area contributed by atoms with Gasteiger partial charge in [-0.1, -0.05) is 90.0 Å². The van der Waals surface area contributed by atoms with Crippen molar-refractivity contribution in [2.45, 2.75) is 166 Å². The number of hydrogen-bond donors (Lipinski definition) is 3. The Bertz CT molecular complexity index is 1970. The molecule has 3 N–H and O–H groups in total. The topological polar surface area (TPSA) is 169 Å². The number of amides is 1. The molecule has 14 heteroatoms. The number of fused-ring (bicyclic) bond motifs is 10. The highest BCUT2D eigenvalue weighted by molar-refractivity contribution is 7.99. The van der Waals surface area contributed by atoms with Crippen molar-refractivity contribution in [2.75, 3.05) is 26.3 Å². The van der Waals surface area contributed by atoms with Crippen molar-refractivity contribution in [1.82, 2.24) is 15.5 Å². The van der Waals surface area contributed by atoms with Crippen LogP contribution < -0.4 is 29.6 Å². The molecule has 13 nitrogen and oxygen atoms in total. The summed E-state index contributed by atoms with van der Waals surface area (Å²) < 4.78 is 30.0. The van der Waals surface area contributed by atoms with Gasteiger partial charge in [-0.3, -0.25) is 14.5 Å². The number of unbranched alkanes of at least 4 members (excludes halogenated alkanes) is 12. The van der Waals surface area contributed by atoms with Crippen molar-refractivity contribution in [2.24, 2.45) is 0 Å². The number of esters is 2. The van der Waals surface area contributed by atoms with Crippen molar-refractivity contribution in [3.8, 4) is 34.8 Å². The minimum atomic E-state index is -0.946. The molecule has 8 rings (SSSR count). The smallest absolute Gasteiger partial charge is 0.329 e. The summed E-state index contributed by atoms with van der Waals surface area (Å²) >= 11 is 1.43. The summed E-state index contributed by atoms with van der Waals surface area (Å²) in [6.45, 7) is 7.09. The molecule has 2 aromatic carbocycles. The predicted octanol–water partition coefficient (Wildman–Crippen LogP) is 7.86. The number of rotatable bonds is 17. The molecular formula is C46H62N4O9S. The van der Waals surface area contributed by atoms with Crippen LogP contribution in [-0.4, -0.2) is 78.3 Å². The Morgan fingerprint density at radius 3 is 2.28 bits per heavy atom. The molecule has 4 bridgehead atoms. The van der Waals surface area contributed by atoms with Crippen molar-refractivity contribution in [3.05, 3.63) is 39.4 Å². The number of thioether (sulfide) groups is 1. The number of methoxy groups -OCH3 is 1. The van der Waals surface area contributed by atoms with Gasteiger partial charge in [0.05, 0.1) is 30.5 Å². The van der Waals surface area contributed by atoms with Gasteiger partial charge < -0.3 is 39.4 Å². The highest BCUT2D eigenvalue weighted by Gasteiger charge is 2.59. The maximum Gasteiger partial charge on any atom is 0.329 e. The van der Waals surface area contributed by atoms with Gasteiger partial charge in [0.25, 0.3) is 0 Å². The first kappa shape index (κ1) is 43.9. The second kappa shape index (κ2) is 19.7. The first-order valence-electron chi connectivity index (χ1n) is 22.1. The fraction of sp³-hybridized carbons (Fsp3) is 0.652. The standard InChI is InChI=1S/C46H62N4O9S/c1-6-7-8-9-10-11-12-13-14-15-16-17-18-19-34(52)48-31-24-60-45-37-36(44-43(57-25-58-44)27(3)42(37)59-28(4)51)33(23-56-46(31)54)50-32(22-47)30-21-29-20-26(2)41(55-5)40(53)35(29)38(49-30)39(45)50/h20,30-33,38-39,45,49,53H,6-19,21,23-25H2,1-5H3,(H,48,52)/t30?,31?,32-,33-,38?,39?,45+/m0/s1. The molecule has 6 aliphatic rings. The molecule has 2 aromatic rings. The number of aryl methyl sites for hydroxylation is 1. The number of hydrogen-bond acceptors (Lipinski definition) is 13. The van der Waals surface area contributed by atoms with E-state index in [4.69, 9.17) is 23.7 Å². The van der Waals surface area contributed by atoms with Crippen molar-refractivity contribution < 1.29 is 43.2 Å². The van der Waals surface area contributed by atoms with E-state index in [2.05, 4.69) is 28.5 Å². The van der Waals surface area contributed by atoms with E-state index in [1.54, 1.807) is 0 Å². The van der Waals surface area contributed by atoms with E-state index in [-0.39, 0.29) is 36.9 Å². The third-order valence-corrected chi connectivity index (χ3v) is 14.4. The first-order chi connectivity index (χ1) is 29.1. The first-order valence-corrected chi connectivity index (χ1v) is 23.2. The largest absolute Gasteiger partial charge is 0.504 e. The van der Waals surface area contributed by atoms with Gasteiger partial charge in [-0.05, 0) is 37.8 Å². The minimum Gasteiger partial charge on any atom is -0.504 e. The van der Waals surface area contributed by atoms with Crippen LogP contribution in [0.4, 0.5) is 0 Å². The fourth-order valence-corrected chi connectivity index (χ4v) is 11.8. The van der Waals surface area contributed by atoms with E-state index in [1.807, 2.05) is 19.9 Å². The predicted molar refractivity (Wildman–Crippen MR) is 228 cm³/mol. The number of aromatic hydroxyl groups is 1. The van der Waals surface area contributed by atoms with E-state index >= 15 is 0 Å². The Labute approximate surface area is 358 Å². The van der Waals surface area contributed by atoms with Crippen LogP contribution in [-0.2, 0) is 25.5 Å². The molecule has 0 spiro atoms. The van der Waals surface area contributed by atoms with E-state index < -0.39 is 47.4 Å². The zero-order valence-corrected chi connectivity index (χ0v) is 36.7. The molecule has 1 amide bonds. The van der Waals surface area contributed by atoms with Gasteiger partial charge in [0, 0.05) is 53.4 Å². The second-order valence-corrected chi connectivity index (χ2v) is 18.2. The summed E-state index contributed by atoms with van der Waals surface area (Å²) in [5.74, 6) is 0.500. The average Bonchev–Trinajstić information content (AvgIpc) is 3.72. The monoisotopic (exact) mass is 846 g/mol. The molecule has 326 valence electrons. The highest BCUT2D eigenvalue weighted by atomic mass is 32.2. The third-order valence-electron chi connectivity index (χ3n) is 13.0. The Hall–Kier alpha value is -4.19. The zero-order valence-electron chi connectivity index (χ0n) is 35.9. The molecule has 2 fully saturated rings.